The second-order valence-electron chi connectivity index (χ2n) is 7.94. The van der Waals surface area contributed by atoms with E-state index in [2.05, 4.69) is 22.5 Å². The number of hydrogen-bond acceptors (Lipinski definition) is 5. The lowest BCUT2D eigenvalue weighted by atomic mass is 9.82. The Morgan fingerprint density at radius 1 is 1.30 bits per heavy atom. The van der Waals surface area contributed by atoms with Gasteiger partial charge in [-0.15, -0.1) is 0 Å². The maximum atomic E-state index is 12.7. The minimum absolute atomic E-state index is 0.0308. The molecule has 4 N–H and O–H groups in total. The van der Waals surface area contributed by atoms with Crippen molar-refractivity contribution in [2.24, 2.45) is 5.92 Å². The Bertz CT molecular complexity index is 604. The molecular formula is C21H34N4O2. The summed E-state index contributed by atoms with van der Waals surface area (Å²) in [6.45, 7) is 3.37. The van der Waals surface area contributed by atoms with Gasteiger partial charge >= 0.3 is 0 Å². The first kappa shape index (κ1) is 20.1. The van der Waals surface area contributed by atoms with Crippen LogP contribution in [0.4, 0.5) is 5.82 Å². The van der Waals surface area contributed by atoms with E-state index in [4.69, 9.17) is 10.5 Å². The van der Waals surface area contributed by atoms with E-state index in [0.717, 1.165) is 37.9 Å². The van der Waals surface area contributed by atoms with Crippen LogP contribution in [0.1, 0.15) is 63.9 Å². The normalized spacial score (nSPS) is 26.2. The van der Waals surface area contributed by atoms with Crippen LogP contribution >= 0.6 is 0 Å². The van der Waals surface area contributed by atoms with Crippen LogP contribution in [0.3, 0.4) is 0 Å². The molecule has 0 aliphatic heterocycles. The molecule has 1 heterocycles. The van der Waals surface area contributed by atoms with Crippen molar-refractivity contribution in [2.75, 3.05) is 12.3 Å². The molecule has 2 aliphatic carbocycles. The number of rotatable bonds is 8. The van der Waals surface area contributed by atoms with E-state index < -0.39 is 0 Å². The number of carbonyl (C=O) groups excluding carboxylic acids is 1. The molecule has 27 heavy (non-hydrogen) atoms. The molecular weight excluding hydrogens is 340 g/mol. The molecule has 1 aromatic heterocycles. The average molecular weight is 375 g/mol. The van der Waals surface area contributed by atoms with Gasteiger partial charge in [-0.2, -0.15) is 0 Å². The highest BCUT2D eigenvalue weighted by molar-refractivity contribution is 5.79. The number of amides is 1. The van der Waals surface area contributed by atoms with Gasteiger partial charge in [0.25, 0.3) is 0 Å². The zero-order chi connectivity index (χ0) is 19.1. The zero-order valence-electron chi connectivity index (χ0n) is 16.5. The Balaban J connectivity index is 1.55. The lowest BCUT2D eigenvalue weighted by Crippen LogP contribution is -2.51. The number of ether oxygens (including phenoxy) is 1. The van der Waals surface area contributed by atoms with Crippen LogP contribution in [0.15, 0.2) is 18.3 Å². The molecule has 1 aromatic rings. The second-order valence-corrected chi connectivity index (χ2v) is 7.94. The van der Waals surface area contributed by atoms with Gasteiger partial charge in [-0.25, -0.2) is 4.98 Å². The van der Waals surface area contributed by atoms with Crippen molar-refractivity contribution in [2.45, 2.75) is 83.0 Å². The van der Waals surface area contributed by atoms with Gasteiger partial charge in [0.2, 0.25) is 5.91 Å². The van der Waals surface area contributed by atoms with Crippen molar-refractivity contribution < 1.29 is 9.53 Å². The van der Waals surface area contributed by atoms with Gasteiger partial charge in [0, 0.05) is 42.9 Å². The van der Waals surface area contributed by atoms with Gasteiger partial charge < -0.3 is 21.1 Å². The lowest BCUT2D eigenvalue weighted by molar-refractivity contribution is -0.128. The molecule has 6 heteroatoms. The molecule has 2 saturated carbocycles. The summed E-state index contributed by atoms with van der Waals surface area (Å²) < 4.78 is 6.11. The number of nitrogens with one attached hydrogen (secondary N) is 2. The number of pyridine rings is 1. The molecule has 3 atom stereocenters. The summed E-state index contributed by atoms with van der Waals surface area (Å²) in [6, 6.07) is 4.60. The van der Waals surface area contributed by atoms with Crippen LogP contribution in [-0.4, -0.2) is 35.7 Å². The predicted octanol–water partition coefficient (Wildman–Crippen LogP) is 2.78. The minimum atomic E-state index is 0.0308. The Hall–Kier alpha value is -1.66. The quantitative estimate of drug-likeness (QED) is 0.651. The standard InChI is InChI=1S/C21H34N4O2/c1-2-12-27-19-10-9-15(13-18(19)25-17-7-3-4-8-17)21(26)24-14-16-6-5-11-23-20(16)22/h5-6,11,15,17-19,25H,2-4,7-10,12-14H2,1H3,(H2,22,23)(H,24,26)/t15-,18+,19+/m0/s1. The topological polar surface area (TPSA) is 89.3 Å². The summed E-state index contributed by atoms with van der Waals surface area (Å²) in [6.07, 6.45) is 10.7. The molecule has 1 amide bonds. The number of carbonyl (C=O) groups is 1. The van der Waals surface area contributed by atoms with Gasteiger partial charge in [0.15, 0.2) is 0 Å². The van der Waals surface area contributed by atoms with Crippen LogP contribution in [-0.2, 0) is 16.1 Å². The summed E-state index contributed by atoms with van der Waals surface area (Å²) in [5.41, 5.74) is 6.74. The molecule has 3 rings (SSSR count). The van der Waals surface area contributed by atoms with Crippen LogP contribution in [0.2, 0.25) is 0 Å². The Morgan fingerprint density at radius 3 is 2.85 bits per heavy atom. The number of nitrogen functional groups attached to an aromatic ring is 1. The summed E-state index contributed by atoms with van der Waals surface area (Å²) in [5, 5.41) is 6.86. The van der Waals surface area contributed by atoms with E-state index in [1.54, 1.807) is 6.20 Å². The third kappa shape index (κ3) is 5.66. The van der Waals surface area contributed by atoms with Crippen molar-refractivity contribution in [3.63, 3.8) is 0 Å². The molecule has 2 fully saturated rings. The van der Waals surface area contributed by atoms with Crippen molar-refractivity contribution in [3.05, 3.63) is 23.9 Å². The van der Waals surface area contributed by atoms with Crippen LogP contribution < -0.4 is 16.4 Å². The highest BCUT2D eigenvalue weighted by atomic mass is 16.5. The Morgan fingerprint density at radius 2 is 2.11 bits per heavy atom. The van der Waals surface area contributed by atoms with Crippen LogP contribution in [0.25, 0.3) is 0 Å². The molecule has 0 aromatic carbocycles. The highest BCUT2D eigenvalue weighted by Gasteiger charge is 2.35. The second kappa shape index (κ2) is 10.0. The Labute approximate surface area is 162 Å². The van der Waals surface area contributed by atoms with Gasteiger partial charge in [0.05, 0.1) is 6.10 Å². The Kier molecular flexibility index (Phi) is 7.47. The number of aromatic nitrogens is 1. The number of nitrogens with two attached hydrogens (primary N) is 1. The van der Waals surface area contributed by atoms with E-state index in [1.807, 2.05) is 12.1 Å². The van der Waals surface area contributed by atoms with E-state index in [-0.39, 0.29) is 24.0 Å². The maximum Gasteiger partial charge on any atom is 0.223 e. The first-order valence-corrected chi connectivity index (χ1v) is 10.5. The number of anilines is 1. The number of nitrogens with zero attached hydrogens (tertiary/aromatic N) is 1. The van der Waals surface area contributed by atoms with Gasteiger partial charge in [-0.1, -0.05) is 25.8 Å². The largest absolute Gasteiger partial charge is 0.383 e. The predicted molar refractivity (Wildman–Crippen MR) is 107 cm³/mol. The van der Waals surface area contributed by atoms with E-state index in [0.29, 0.717) is 18.4 Å². The summed E-state index contributed by atoms with van der Waals surface area (Å²) in [5.74, 6) is 0.629. The zero-order valence-corrected chi connectivity index (χ0v) is 16.5. The molecule has 0 saturated heterocycles. The third-order valence-corrected chi connectivity index (χ3v) is 5.88. The molecule has 0 bridgehead atoms. The molecule has 0 unspecified atom stereocenters. The van der Waals surface area contributed by atoms with Crippen molar-refractivity contribution >= 4 is 11.7 Å². The fourth-order valence-electron chi connectivity index (χ4n) is 4.35. The summed E-state index contributed by atoms with van der Waals surface area (Å²) >= 11 is 0. The summed E-state index contributed by atoms with van der Waals surface area (Å²) in [4.78, 5) is 16.8. The monoisotopic (exact) mass is 374 g/mol. The molecule has 0 radical (unpaired) electrons. The molecule has 6 nitrogen and oxygen atoms in total. The summed E-state index contributed by atoms with van der Waals surface area (Å²) in [7, 11) is 0. The molecule has 2 aliphatic rings. The lowest BCUT2D eigenvalue weighted by Gasteiger charge is -2.37. The number of hydrogen-bond donors (Lipinski definition) is 3. The van der Waals surface area contributed by atoms with Crippen molar-refractivity contribution in [3.8, 4) is 0 Å². The van der Waals surface area contributed by atoms with Gasteiger partial charge in [-0.3, -0.25) is 4.79 Å². The first-order valence-electron chi connectivity index (χ1n) is 10.5. The highest BCUT2D eigenvalue weighted by Crippen LogP contribution is 2.29. The molecule has 150 valence electrons. The smallest absolute Gasteiger partial charge is 0.223 e. The van der Waals surface area contributed by atoms with E-state index in [9.17, 15) is 4.79 Å². The van der Waals surface area contributed by atoms with Crippen molar-refractivity contribution in [1.29, 1.82) is 0 Å². The van der Waals surface area contributed by atoms with Gasteiger partial charge in [0.1, 0.15) is 5.82 Å². The average Bonchev–Trinajstić information content (AvgIpc) is 3.19. The van der Waals surface area contributed by atoms with Crippen LogP contribution in [0.5, 0.6) is 0 Å². The fourth-order valence-corrected chi connectivity index (χ4v) is 4.35. The van der Waals surface area contributed by atoms with Crippen molar-refractivity contribution in [1.82, 2.24) is 15.6 Å². The SMILES string of the molecule is CCCO[C@@H]1CC[C@H](C(=O)NCc2cccnc2N)C[C@H]1NC1CCCC1. The fraction of sp³-hybridized carbons (Fsp3) is 0.714. The van der Waals surface area contributed by atoms with E-state index >= 15 is 0 Å². The maximum absolute atomic E-state index is 12.7. The van der Waals surface area contributed by atoms with Gasteiger partial charge in [-0.05, 0) is 44.6 Å². The first-order chi connectivity index (χ1) is 13.2. The van der Waals surface area contributed by atoms with E-state index in [1.165, 1.54) is 25.7 Å². The third-order valence-electron chi connectivity index (χ3n) is 5.88. The van der Waals surface area contributed by atoms with Crippen LogP contribution in [0, 0.1) is 5.92 Å². The minimum Gasteiger partial charge on any atom is -0.383 e. The molecule has 0 spiro atoms.